The van der Waals surface area contributed by atoms with Crippen molar-refractivity contribution in [2.45, 2.75) is 25.4 Å². The summed E-state index contributed by atoms with van der Waals surface area (Å²) in [6, 6.07) is 0. The Labute approximate surface area is 93.4 Å². The summed E-state index contributed by atoms with van der Waals surface area (Å²) >= 11 is 1.33. The molecule has 1 fully saturated rings. The van der Waals surface area contributed by atoms with E-state index in [9.17, 15) is 0 Å². The molecule has 84 valence electrons. The Bertz CT molecular complexity index is 311. The smallest absolute Gasteiger partial charge is 0.233 e. The molecule has 2 rings (SSSR count). The second-order valence-electron chi connectivity index (χ2n) is 3.80. The fourth-order valence-corrected chi connectivity index (χ4v) is 2.28. The highest BCUT2D eigenvalue weighted by Gasteiger charge is 2.17. The standard InChI is InChI=1S/C9H16N4OS/c1-13(9-11-8(10)12-15-9)6-7-4-2-3-5-14-7/h7H,2-6H2,1H3,(H2,10,12). The van der Waals surface area contributed by atoms with Gasteiger partial charge >= 0.3 is 0 Å². The van der Waals surface area contributed by atoms with E-state index in [2.05, 4.69) is 14.3 Å². The average molecular weight is 228 g/mol. The summed E-state index contributed by atoms with van der Waals surface area (Å²) < 4.78 is 9.62. The van der Waals surface area contributed by atoms with Crippen LogP contribution < -0.4 is 10.6 Å². The van der Waals surface area contributed by atoms with Gasteiger partial charge in [-0.2, -0.15) is 9.36 Å². The van der Waals surface area contributed by atoms with Crippen LogP contribution in [0.5, 0.6) is 0 Å². The SMILES string of the molecule is CN(CC1CCCCO1)c1nc(N)ns1. The molecule has 1 aromatic rings. The summed E-state index contributed by atoms with van der Waals surface area (Å²) in [4.78, 5) is 6.19. The number of hydrogen-bond acceptors (Lipinski definition) is 6. The number of nitrogens with two attached hydrogens (primary N) is 1. The zero-order valence-corrected chi connectivity index (χ0v) is 9.66. The molecule has 1 aliphatic rings. The Morgan fingerprint density at radius 2 is 2.47 bits per heavy atom. The minimum Gasteiger partial charge on any atom is -0.376 e. The van der Waals surface area contributed by atoms with Crippen LogP contribution in [0.15, 0.2) is 0 Å². The maximum absolute atomic E-state index is 5.66. The molecular formula is C9H16N4OS. The van der Waals surface area contributed by atoms with E-state index in [1.165, 1.54) is 24.4 Å². The zero-order valence-electron chi connectivity index (χ0n) is 8.85. The predicted molar refractivity (Wildman–Crippen MR) is 61.2 cm³/mol. The molecule has 6 heteroatoms. The first kappa shape index (κ1) is 10.6. The first-order valence-electron chi connectivity index (χ1n) is 5.17. The molecule has 0 aliphatic carbocycles. The van der Waals surface area contributed by atoms with E-state index in [4.69, 9.17) is 10.5 Å². The van der Waals surface area contributed by atoms with Crippen molar-refractivity contribution in [2.24, 2.45) is 0 Å². The van der Waals surface area contributed by atoms with Crippen LogP contribution in [0.4, 0.5) is 11.1 Å². The van der Waals surface area contributed by atoms with Crippen molar-refractivity contribution >= 4 is 22.6 Å². The number of rotatable bonds is 3. The fourth-order valence-electron chi connectivity index (χ4n) is 1.72. The molecule has 0 aromatic carbocycles. The summed E-state index contributed by atoms with van der Waals surface area (Å²) in [7, 11) is 2.00. The lowest BCUT2D eigenvalue weighted by atomic mass is 10.1. The summed E-state index contributed by atoms with van der Waals surface area (Å²) in [5.74, 6) is 0.353. The number of hydrogen-bond donors (Lipinski definition) is 1. The van der Waals surface area contributed by atoms with E-state index in [1.807, 2.05) is 7.05 Å². The summed E-state index contributed by atoms with van der Waals surface area (Å²) in [6.45, 7) is 1.76. The van der Waals surface area contributed by atoms with Crippen molar-refractivity contribution in [3.8, 4) is 0 Å². The van der Waals surface area contributed by atoms with Gasteiger partial charge < -0.3 is 15.4 Å². The second kappa shape index (κ2) is 4.76. The lowest BCUT2D eigenvalue weighted by Gasteiger charge is -2.26. The highest BCUT2D eigenvalue weighted by Crippen LogP contribution is 2.19. The third-order valence-electron chi connectivity index (χ3n) is 2.51. The molecule has 2 N–H and O–H groups in total. The third kappa shape index (κ3) is 2.79. The van der Waals surface area contributed by atoms with Crippen LogP contribution in [0.3, 0.4) is 0 Å². The molecule has 0 radical (unpaired) electrons. The van der Waals surface area contributed by atoms with Gasteiger partial charge in [0.25, 0.3) is 0 Å². The Kier molecular flexibility index (Phi) is 3.37. The van der Waals surface area contributed by atoms with Crippen LogP contribution in [0.2, 0.25) is 0 Å². The highest BCUT2D eigenvalue weighted by atomic mass is 32.1. The molecule has 2 heterocycles. The third-order valence-corrected chi connectivity index (χ3v) is 3.35. The maximum Gasteiger partial charge on any atom is 0.233 e. The first-order chi connectivity index (χ1) is 7.25. The van der Waals surface area contributed by atoms with E-state index in [0.29, 0.717) is 12.1 Å². The molecule has 1 saturated heterocycles. The molecule has 1 aromatic heterocycles. The molecule has 15 heavy (non-hydrogen) atoms. The Balaban J connectivity index is 1.88. The Morgan fingerprint density at radius 1 is 1.60 bits per heavy atom. The molecule has 1 aliphatic heterocycles. The van der Waals surface area contributed by atoms with Crippen molar-refractivity contribution in [1.29, 1.82) is 0 Å². The largest absolute Gasteiger partial charge is 0.376 e. The summed E-state index contributed by atoms with van der Waals surface area (Å²) in [5.41, 5.74) is 5.48. The van der Waals surface area contributed by atoms with Gasteiger partial charge in [-0.25, -0.2) is 0 Å². The first-order valence-corrected chi connectivity index (χ1v) is 5.95. The maximum atomic E-state index is 5.66. The van der Waals surface area contributed by atoms with Gasteiger partial charge in [0.05, 0.1) is 6.10 Å². The molecule has 0 saturated carbocycles. The zero-order chi connectivity index (χ0) is 10.7. The van der Waals surface area contributed by atoms with Gasteiger partial charge in [0, 0.05) is 31.7 Å². The van der Waals surface area contributed by atoms with Gasteiger partial charge in [0.1, 0.15) is 0 Å². The van der Waals surface area contributed by atoms with Crippen LogP contribution in [0, 0.1) is 0 Å². The number of anilines is 2. The summed E-state index contributed by atoms with van der Waals surface area (Å²) in [6.07, 6.45) is 3.91. The van der Waals surface area contributed by atoms with Crippen molar-refractivity contribution in [1.82, 2.24) is 9.36 Å². The monoisotopic (exact) mass is 228 g/mol. The Morgan fingerprint density at radius 3 is 3.07 bits per heavy atom. The molecule has 5 nitrogen and oxygen atoms in total. The van der Waals surface area contributed by atoms with Crippen molar-refractivity contribution in [2.75, 3.05) is 30.8 Å². The van der Waals surface area contributed by atoms with E-state index < -0.39 is 0 Å². The quantitative estimate of drug-likeness (QED) is 0.840. The van der Waals surface area contributed by atoms with Gasteiger partial charge in [-0.05, 0) is 19.3 Å². The predicted octanol–water partition coefficient (Wildman–Crippen LogP) is 1.13. The van der Waals surface area contributed by atoms with E-state index in [1.54, 1.807) is 0 Å². The molecule has 1 atom stereocenters. The molecule has 0 spiro atoms. The van der Waals surface area contributed by atoms with Crippen LogP contribution in [-0.2, 0) is 4.74 Å². The summed E-state index contributed by atoms with van der Waals surface area (Å²) in [5, 5.41) is 0.863. The number of likely N-dealkylation sites (N-methyl/N-ethyl adjacent to an activating group) is 1. The Hall–Kier alpha value is -0.880. The minimum absolute atomic E-state index is 0.328. The average Bonchev–Trinajstić information content (AvgIpc) is 2.66. The van der Waals surface area contributed by atoms with Crippen LogP contribution >= 0.6 is 11.5 Å². The molecule has 0 bridgehead atoms. The van der Waals surface area contributed by atoms with Gasteiger partial charge in [0.2, 0.25) is 11.1 Å². The fraction of sp³-hybridized carbons (Fsp3) is 0.778. The normalized spacial score (nSPS) is 21.5. The van der Waals surface area contributed by atoms with Gasteiger partial charge in [-0.15, -0.1) is 0 Å². The molecular weight excluding hydrogens is 212 g/mol. The highest BCUT2D eigenvalue weighted by molar-refractivity contribution is 7.09. The van der Waals surface area contributed by atoms with Crippen LogP contribution in [0.25, 0.3) is 0 Å². The van der Waals surface area contributed by atoms with E-state index >= 15 is 0 Å². The van der Waals surface area contributed by atoms with E-state index in [0.717, 1.165) is 24.7 Å². The number of nitrogens with zero attached hydrogens (tertiary/aromatic N) is 3. The van der Waals surface area contributed by atoms with Crippen molar-refractivity contribution in [3.05, 3.63) is 0 Å². The topological polar surface area (TPSA) is 64.3 Å². The van der Waals surface area contributed by atoms with E-state index in [-0.39, 0.29) is 0 Å². The van der Waals surface area contributed by atoms with Crippen LogP contribution in [0.1, 0.15) is 19.3 Å². The minimum atomic E-state index is 0.328. The van der Waals surface area contributed by atoms with Gasteiger partial charge in [-0.3, -0.25) is 0 Å². The number of ether oxygens (including phenoxy) is 1. The lowest BCUT2D eigenvalue weighted by Crippen LogP contribution is -2.33. The van der Waals surface area contributed by atoms with Crippen molar-refractivity contribution in [3.63, 3.8) is 0 Å². The number of nitrogen functional groups attached to an aromatic ring is 1. The number of aromatic nitrogens is 2. The second-order valence-corrected chi connectivity index (χ2v) is 4.53. The molecule has 0 amide bonds. The molecule has 1 unspecified atom stereocenters. The lowest BCUT2D eigenvalue weighted by molar-refractivity contribution is 0.0216. The van der Waals surface area contributed by atoms with Crippen LogP contribution in [-0.4, -0.2) is 35.7 Å². The van der Waals surface area contributed by atoms with Gasteiger partial charge in [0.15, 0.2) is 0 Å². The van der Waals surface area contributed by atoms with Gasteiger partial charge in [-0.1, -0.05) is 0 Å². The van der Waals surface area contributed by atoms with Crippen molar-refractivity contribution < 1.29 is 4.74 Å².